The summed E-state index contributed by atoms with van der Waals surface area (Å²) in [6.07, 6.45) is 7.45. The van der Waals surface area contributed by atoms with Crippen LogP contribution in [0.3, 0.4) is 0 Å². The Morgan fingerprint density at radius 1 is 1.22 bits per heavy atom. The van der Waals surface area contributed by atoms with Crippen molar-refractivity contribution >= 4 is 11.9 Å². The molecule has 0 bridgehead atoms. The molecule has 0 saturated heterocycles. The van der Waals surface area contributed by atoms with Crippen molar-refractivity contribution in [2.45, 2.75) is 57.4 Å². The quantitative estimate of drug-likeness (QED) is 0.641. The number of aliphatic hydroxyl groups excluding tert-OH is 1. The van der Waals surface area contributed by atoms with E-state index in [2.05, 4.69) is 5.32 Å². The van der Waals surface area contributed by atoms with Crippen LogP contribution in [-0.4, -0.2) is 34.7 Å². The zero-order valence-electron chi connectivity index (χ0n) is 10.7. The number of hydrogen-bond donors (Lipinski definition) is 3. The van der Waals surface area contributed by atoms with E-state index in [9.17, 15) is 9.59 Å². The molecule has 5 nitrogen and oxygen atoms in total. The number of hydrogen-bond acceptors (Lipinski definition) is 3. The zero-order valence-corrected chi connectivity index (χ0v) is 10.7. The molecule has 0 aromatic carbocycles. The first-order valence-electron chi connectivity index (χ1n) is 6.76. The second-order valence-electron chi connectivity index (χ2n) is 5.01. The first kappa shape index (κ1) is 15.0. The van der Waals surface area contributed by atoms with Gasteiger partial charge in [-0.15, -0.1) is 0 Å². The molecule has 3 N–H and O–H groups in total. The lowest BCUT2D eigenvalue weighted by atomic mass is 9.86. The summed E-state index contributed by atoms with van der Waals surface area (Å²) in [5, 5.41) is 20.0. The molecule has 1 saturated carbocycles. The molecule has 0 aliphatic heterocycles. The highest BCUT2D eigenvalue weighted by atomic mass is 16.4. The molecule has 1 aliphatic carbocycles. The topological polar surface area (TPSA) is 86.6 Å². The summed E-state index contributed by atoms with van der Waals surface area (Å²) in [6, 6.07) is -0.964. The molecule has 104 valence electrons. The Morgan fingerprint density at radius 3 is 2.44 bits per heavy atom. The van der Waals surface area contributed by atoms with Gasteiger partial charge >= 0.3 is 5.97 Å². The lowest BCUT2D eigenvalue weighted by molar-refractivity contribution is -0.142. The summed E-state index contributed by atoms with van der Waals surface area (Å²) in [7, 11) is 0. The van der Waals surface area contributed by atoms with Gasteiger partial charge < -0.3 is 15.5 Å². The Kier molecular flexibility index (Phi) is 6.72. The first-order chi connectivity index (χ1) is 8.63. The second-order valence-corrected chi connectivity index (χ2v) is 5.01. The van der Waals surface area contributed by atoms with Gasteiger partial charge in [0.2, 0.25) is 5.91 Å². The molecule has 0 spiro atoms. The number of carbonyl (C=O) groups is 2. The number of carboxylic acid groups (broad SMARTS) is 1. The molecule has 1 atom stereocenters. The van der Waals surface area contributed by atoms with Crippen LogP contribution >= 0.6 is 0 Å². The highest BCUT2D eigenvalue weighted by molar-refractivity contribution is 5.83. The van der Waals surface area contributed by atoms with Crippen molar-refractivity contribution in [2.24, 2.45) is 5.92 Å². The van der Waals surface area contributed by atoms with Crippen molar-refractivity contribution < 1.29 is 19.8 Å². The van der Waals surface area contributed by atoms with Crippen molar-refractivity contribution in [1.29, 1.82) is 0 Å². The summed E-state index contributed by atoms with van der Waals surface area (Å²) in [5.74, 6) is -0.692. The summed E-state index contributed by atoms with van der Waals surface area (Å²) in [5.41, 5.74) is 0. The first-order valence-corrected chi connectivity index (χ1v) is 6.76. The molecule has 1 amide bonds. The third-order valence-electron chi connectivity index (χ3n) is 3.56. The van der Waals surface area contributed by atoms with Gasteiger partial charge in [-0.1, -0.05) is 32.1 Å². The Morgan fingerprint density at radius 2 is 1.89 bits per heavy atom. The van der Waals surface area contributed by atoms with Crippen LogP contribution in [0.1, 0.15) is 51.4 Å². The van der Waals surface area contributed by atoms with Gasteiger partial charge in [-0.25, -0.2) is 4.79 Å². The minimum Gasteiger partial charge on any atom is -0.480 e. The molecular weight excluding hydrogens is 234 g/mol. The summed E-state index contributed by atoms with van der Waals surface area (Å²) >= 11 is 0. The third-order valence-corrected chi connectivity index (χ3v) is 3.56. The van der Waals surface area contributed by atoms with Crippen LogP contribution in [-0.2, 0) is 9.59 Å². The molecule has 18 heavy (non-hydrogen) atoms. The lowest BCUT2D eigenvalue weighted by Gasteiger charge is -2.21. The van der Waals surface area contributed by atoms with Crippen molar-refractivity contribution in [3.05, 3.63) is 0 Å². The maximum absolute atomic E-state index is 11.6. The smallest absolute Gasteiger partial charge is 0.326 e. The molecule has 0 aromatic heterocycles. The molecule has 0 heterocycles. The standard InChI is InChI=1S/C13H23NO4/c15-9-8-11(13(17)18)14-12(16)7-6-10-4-2-1-3-5-10/h10-11,15H,1-9H2,(H,14,16)(H,17,18)/t11-/m0/s1. The minimum atomic E-state index is -1.09. The number of aliphatic hydroxyl groups is 1. The normalized spacial score (nSPS) is 18.3. The van der Waals surface area contributed by atoms with E-state index in [1.54, 1.807) is 0 Å². The monoisotopic (exact) mass is 257 g/mol. The van der Waals surface area contributed by atoms with E-state index < -0.39 is 12.0 Å². The van der Waals surface area contributed by atoms with E-state index in [1.807, 2.05) is 0 Å². The molecule has 1 fully saturated rings. The van der Waals surface area contributed by atoms with Crippen LogP contribution in [0.4, 0.5) is 0 Å². The largest absolute Gasteiger partial charge is 0.480 e. The molecule has 0 radical (unpaired) electrons. The van der Waals surface area contributed by atoms with E-state index in [1.165, 1.54) is 32.1 Å². The highest BCUT2D eigenvalue weighted by Gasteiger charge is 2.20. The van der Waals surface area contributed by atoms with Crippen molar-refractivity contribution in [1.82, 2.24) is 5.32 Å². The van der Waals surface area contributed by atoms with Gasteiger partial charge in [0.15, 0.2) is 0 Å². The predicted molar refractivity (Wildman–Crippen MR) is 67.1 cm³/mol. The second kappa shape index (κ2) is 8.08. The van der Waals surface area contributed by atoms with Crippen LogP contribution in [0.5, 0.6) is 0 Å². The Hall–Kier alpha value is -1.10. The number of aliphatic carboxylic acids is 1. The number of nitrogens with one attached hydrogen (secondary N) is 1. The molecular formula is C13H23NO4. The average Bonchev–Trinajstić information content (AvgIpc) is 2.37. The fraction of sp³-hybridized carbons (Fsp3) is 0.846. The van der Waals surface area contributed by atoms with Crippen LogP contribution in [0.15, 0.2) is 0 Å². The molecule has 0 unspecified atom stereocenters. The summed E-state index contributed by atoms with van der Waals surface area (Å²) in [4.78, 5) is 22.4. The average molecular weight is 257 g/mol. The lowest BCUT2D eigenvalue weighted by Crippen LogP contribution is -2.41. The fourth-order valence-electron chi connectivity index (χ4n) is 2.46. The van der Waals surface area contributed by atoms with Crippen LogP contribution < -0.4 is 5.32 Å². The number of carboxylic acids is 1. The van der Waals surface area contributed by atoms with Gasteiger partial charge in [0.1, 0.15) is 6.04 Å². The van der Waals surface area contributed by atoms with Gasteiger partial charge in [0.25, 0.3) is 0 Å². The Labute approximate surface area is 108 Å². The molecule has 5 heteroatoms. The van der Waals surface area contributed by atoms with Crippen LogP contribution in [0.2, 0.25) is 0 Å². The molecule has 1 rings (SSSR count). The van der Waals surface area contributed by atoms with Crippen molar-refractivity contribution in [3.8, 4) is 0 Å². The van der Waals surface area contributed by atoms with E-state index in [0.717, 1.165) is 6.42 Å². The van der Waals surface area contributed by atoms with E-state index in [-0.39, 0.29) is 18.9 Å². The maximum Gasteiger partial charge on any atom is 0.326 e. The predicted octanol–water partition coefficient (Wildman–Crippen LogP) is 1.30. The minimum absolute atomic E-state index is 0.0600. The number of amides is 1. The van der Waals surface area contributed by atoms with Crippen molar-refractivity contribution in [2.75, 3.05) is 6.61 Å². The fourth-order valence-corrected chi connectivity index (χ4v) is 2.46. The van der Waals surface area contributed by atoms with E-state index in [0.29, 0.717) is 12.3 Å². The van der Waals surface area contributed by atoms with E-state index >= 15 is 0 Å². The number of carbonyl (C=O) groups excluding carboxylic acids is 1. The van der Waals surface area contributed by atoms with Gasteiger partial charge in [-0.2, -0.15) is 0 Å². The van der Waals surface area contributed by atoms with E-state index in [4.69, 9.17) is 10.2 Å². The van der Waals surface area contributed by atoms with Crippen molar-refractivity contribution in [3.63, 3.8) is 0 Å². The maximum atomic E-state index is 11.6. The number of rotatable bonds is 7. The van der Waals surface area contributed by atoms with Crippen LogP contribution in [0, 0.1) is 5.92 Å². The third kappa shape index (κ3) is 5.49. The summed E-state index contributed by atoms with van der Waals surface area (Å²) < 4.78 is 0. The van der Waals surface area contributed by atoms with Gasteiger partial charge in [-0.3, -0.25) is 4.79 Å². The van der Waals surface area contributed by atoms with Gasteiger partial charge in [0, 0.05) is 19.4 Å². The van der Waals surface area contributed by atoms with Gasteiger partial charge in [-0.05, 0) is 12.3 Å². The highest BCUT2D eigenvalue weighted by Crippen LogP contribution is 2.27. The summed E-state index contributed by atoms with van der Waals surface area (Å²) in [6.45, 7) is -0.236. The molecule has 1 aliphatic rings. The molecule has 0 aromatic rings. The van der Waals surface area contributed by atoms with Crippen LogP contribution in [0.25, 0.3) is 0 Å². The van der Waals surface area contributed by atoms with Gasteiger partial charge in [0.05, 0.1) is 0 Å². The Bertz CT molecular complexity index is 274. The SMILES string of the molecule is O=C(CCC1CCCCC1)N[C@@H](CCO)C(=O)O. The zero-order chi connectivity index (χ0) is 13.4. The Balaban J connectivity index is 2.24.